The first kappa shape index (κ1) is 17.8. The Kier molecular flexibility index (Phi) is 7.95. The van der Waals surface area contributed by atoms with E-state index in [1.165, 1.54) is 75.3 Å². The summed E-state index contributed by atoms with van der Waals surface area (Å²) in [5.41, 5.74) is 3.01. The minimum absolute atomic E-state index is 0.619. The number of allylic oxidation sites excluding steroid dienone is 2. The second kappa shape index (κ2) is 10.3. The van der Waals surface area contributed by atoms with Crippen molar-refractivity contribution in [2.75, 3.05) is 0 Å². The third-order valence-electron chi connectivity index (χ3n) is 5.23. The van der Waals surface area contributed by atoms with E-state index in [1.807, 2.05) is 0 Å². The summed E-state index contributed by atoms with van der Waals surface area (Å²) in [7, 11) is 0. The highest BCUT2D eigenvalue weighted by Crippen LogP contribution is 2.36. The molecule has 0 aliphatic heterocycles. The first-order valence-electron chi connectivity index (χ1n) is 9.48. The lowest BCUT2D eigenvalue weighted by atomic mass is 9.78. The zero-order valence-corrected chi connectivity index (χ0v) is 14.6. The number of hydrogen-bond donors (Lipinski definition) is 0. The molecule has 1 saturated carbocycles. The summed E-state index contributed by atoms with van der Waals surface area (Å²) in [5.74, 6) is 1.34. The van der Waals surface area contributed by atoms with Crippen LogP contribution in [0, 0.1) is 17.2 Å². The molecule has 1 aliphatic rings. The number of unbranched alkanes of at least 4 members (excludes halogenated alkanes) is 4. The normalized spacial score (nSPS) is 21.4. The maximum absolute atomic E-state index is 8.62. The van der Waals surface area contributed by atoms with Gasteiger partial charge in [-0.2, -0.15) is 5.26 Å². The Hall–Kier alpha value is -1.55. The molecule has 23 heavy (non-hydrogen) atoms. The number of aryl methyl sites for hydroxylation is 1. The molecule has 0 aromatic heterocycles. The van der Waals surface area contributed by atoms with Gasteiger partial charge in [-0.1, -0.05) is 62.9 Å². The molecule has 0 N–H and O–H groups in total. The van der Waals surface area contributed by atoms with Crippen molar-refractivity contribution < 1.29 is 0 Å². The van der Waals surface area contributed by atoms with Crippen LogP contribution in [0.3, 0.4) is 0 Å². The van der Waals surface area contributed by atoms with Crippen molar-refractivity contribution in [2.45, 2.75) is 77.0 Å². The Labute approximate surface area is 142 Å². The number of benzene rings is 1. The van der Waals surface area contributed by atoms with E-state index >= 15 is 0 Å². The van der Waals surface area contributed by atoms with Crippen LogP contribution in [0.1, 0.15) is 81.8 Å². The van der Waals surface area contributed by atoms with Crippen molar-refractivity contribution in [3.05, 3.63) is 47.5 Å². The molecular formula is C22H31N. The third-order valence-corrected chi connectivity index (χ3v) is 5.23. The molecular weight excluding hydrogens is 278 g/mol. The Morgan fingerprint density at radius 3 is 2.35 bits per heavy atom. The van der Waals surface area contributed by atoms with Crippen molar-refractivity contribution in [2.24, 2.45) is 5.92 Å². The van der Waals surface area contributed by atoms with E-state index in [0.717, 1.165) is 5.92 Å². The monoisotopic (exact) mass is 309 g/mol. The van der Waals surface area contributed by atoms with Gasteiger partial charge in [-0.25, -0.2) is 0 Å². The molecule has 2 rings (SSSR count). The standard InChI is InChI=1S/C22H31N/c1-2-3-4-5-6-8-19-10-14-21(15-11-19)22-16-12-20(13-17-22)9-7-18-23/h7,9-11,14-15,20,22H,2-6,8,12-13,16-17H2,1H3/t20-,22-. The van der Waals surface area contributed by atoms with Crippen molar-refractivity contribution in [1.29, 1.82) is 5.26 Å². The maximum atomic E-state index is 8.62. The van der Waals surface area contributed by atoms with Gasteiger partial charge in [0.05, 0.1) is 6.07 Å². The molecule has 0 spiro atoms. The zero-order chi connectivity index (χ0) is 16.3. The molecule has 1 aromatic rings. The van der Waals surface area contributed by atoms with Crippen LogP contribution in [-0.2, 0) is 6.42 Å². The molecule has 124 valence electrons. The van der Waals surface area contributed by atoms with Crippen molar-refractivity contribution in [3.8, 4) is 6.07 Å². The summed E-state index contributed by atoms with van der Waals surface area (Å²) in [6, 6.07) is 11.5. The molecule has 1 heteroatoms. The predicted octanol–water partition coefficient (Wildman–Crippen LogP) is 6.55. The van der Waals surface area contributed by atoms with Gasteiger partial charge in [0, 0.05) is 6.08 Å². The molecule has 0 saturated heterocycles. The number of hydrogen-bond acceptors (Lipinski definition) is 1. The molecule has 0 amide bonds. The van der Waals surface area contributed by atoms with E-state index in [-0.39, 0.29) is 0 Å². The molecule has 0 atom stereocenters. The van der Waals surface area contributed by atoms with E-state index in [0.29, 0.717) is 5.92 Å². The van der Waals surface area contributed by atoms with E-state index in [4.69, 9.17) is 5.26 Å². The lowest BCUT2D eigenvalue weighted by Gasteiger charge is -2.27. The van der Waals surface area contributed by atoms with Gasteiger partial charge in [0.25, 0.3) is 0 Å². The molecule has 0 heterocycles. The van der Waals surface area contributed by atoms with Crippen LogP contribution in [0.5, 0.6) is 0 Å². The van der Waals surface area contributed by atoms with Gasteiger partial charge in [0.15, 0.2) is 0 Å². The van der Waals surface area contributed by atoms with Crippen LogP contribution in [0.2, 0.25) is 0 Å². The number of nitriles is 1. The predicted molar refractivity (Wildman–Crippen MR) is 98.4 cm³/mol. The van der Waals surface area contributed by atoms with Gasteiger partial charge in [-0.15, -0.1) is 0 Å². The summed E-state index contributed by atoms with van der Waals surface area (Å²) in [6.07, 6.45) is 16.7. The molecule has 0 radical (unpaired) electrons. The smallest absolute Gasteiger partial charge is 0.0908 e. The molecule has 1 aromatic carbocycles. The molecule has 0 unspecified atom stereocenters. The number of nitrogens with zero attached hydrogens (tertiary/aromatic N) is 1. The summed E-state index contributed by atoms with van der Waals surface area (Å²) in [4.78, 5) is 0. The summed E-state index contributed by atoms with van der Waals surface area (Å²) in [6.45, 7) is 2.27. The van der Waals surface area contributed by atoms with Crippen molar-refractivity contribution in [1.82, 2.24) is 0 Å². The number of rotatable bonds is 8. The third kappa shape index (κ3) is 6.22. The van der Waals surface area contributed by atoms with Crippen LogP contribution in [0.15, 0.2) is 36.4 Å². The Morgan fingerprint density at radius 1 is 1.00 bits per heavy atom. The van der Waals surface area contributed by atoms with Crippen LogP contribution < -0.4 is 0 Å². The fourth-order valence-corrected chi connectivity index (χ4v) is 3.71. The van der Waals surface area contributed by atoms with Crippen LogP contribution in [0.25, 0.3) is 0 Å². The van der Waals surface area contributed by atoms with Gasteiger partial charge in [0.2, 0.25) is 0 Å². The lowest BCUT2D eigenvalue weighted by molar-refractivity contribution is 0.376. The summed E-state index contributed by atoms with van der Waals surface area (Å²) in [5, 5.41) is 8.62. The van der Waals surface area contributed by atoms with Gasteiger partial charge in [-0.3, -0.25) is 0 Å². The average molecular weight is 309 g/mol. The lowest BCUT2D eigenvalue weighted by Crippen LogP contribution is -2.11. The van der Waals surface area contributed by atoms with Crippen molar-refractivity contribution in [3.63, 3.8) is 0 Å². The molecule has 0 bridgehead atoms. The van der Waals surface area contributed by atoms with Gasteiger partial charge >= 0.3 is 0 Å². The SMILES string of the molecule is CCCCCCCc1ccc([C@H]2CC[C@H](C=CC#N)CC2)cc1. The topological polar surface area (TPSA) is 23.8 Å². The fraction of sp³-hybridized carbons (Fsp3) is 0.591. The summed E-state index contributed by atoms with van der Waals surface area (Å²) >= 11 is 0. The van der Waals surface area contributed by atoms with Crippen LogP contribution >= 0.6 is 0 Å². The minimum Gasteiger partial charge on any atom is -0.193 e. The van der Waals surface area contributed by atoms with Crippen molar-refractivity contribution >= 4 is 0 Å². The molecule has 1 aliphatic carbocycles. The Balaban J connectivity index is 1.75. The highest BCUT2D eigenvalue weighted by Gasteiger charge is 2.20. The first-order valence-corrected chi connectivity index (χ1v) is 9.48. The maximum Gasteiger partial charge on any atom is 0.0908 e. The first-order chi connectivity index (χ1) is 11.3. The minimum atomic E-state index is 0.619. The van der Waals surface area contributed by atoms with Gasteiger partial charge in [-0.05, 0) is 61.5 Å². The van der Waals surface area contributed by atoms with E-state index in [2.05, 4.69) is 43.3 Å². The fourth-order valence-electron chi connectivity index (χ4n) is 3.71. The van der Waals surface area contributed by atoms with Gasteiger partial charge < -0.3 is 0 Å². The van der Waals surface area contributed by atoms with E-state index in [9.17, 15) is 0 Å². The van der Waals surface area contributed by atoms with Crippen LogP contribution in [0.4, 0.5) is 0 Å². The zero-order valence-electron chi connectivity index (χ0n) is 14.6. The molecule has 1 fully saturated rings. The van der Waals surface area contributed by atoms with Crippen LogP contribution in [-0.4, -0.2) is 0 Å². The highest BCUT2D eigenvalue weighted by atomic mass is 14.3. The average Bonchev–Trinajstić information content (AvgIpc) is 2.61. The van der Waals surface area contributed by atoms with E-state index < -0.39 is 0 Å². The Morgan fingerprint density at radius 2 is 1.70 bits per heavy atom. The highest BCUT2D eigenvalue weighted by molar-refractivity contribution is 5.26. The van der Waals surface area contributed by atoms with Gasteiger partial charge in [0.1, 0.15) is 0 Å². The second-order valence-electron chi connectivity index (χ2n) is 7.01. The summed E-state index contributed by atoms with van der Waals surface area (Å²) < 4.78 is 0. The van der Waals surface area contributed by atoms with E-state index in [1.54, 1.807) is 6.08 Å². The Bertz CT molecular complexity index is 498. The molecule has 1 nitrogen and oxygen atoms in total. The quantitative estimate of drug-likeness (QED) is 0.394. The largest absolute Gasteiger partial charge is 0.193 e. The second-order valence-corrected chi connectivity index (χ2v) is 7.01.